The van der Waals surface area contributed by atoms with Gasteiger partial charge in [0.15, 0.2) is 0 Å². The van der Waals surface area contributed by atoms with E-state index in [1.54, 1.807) is 0 Å². The Labute approximate surface area is 99.2 Å². The molecule has 1 aromatic rings. The first-order valence-corrected chi connectivity index (χ1v) is 6.55. The zero-order valence-electron chi connectivity index (χ0n) is 9.29. The van der Waals surface area contributed by atoms with Crippen LogP contribution in [-0.4, -0.2) is 30.0 Å². The molecule has 1 aliphatic rings. The number of furan rings is 1. The fraction of sp³-hybridized carbons (Fsp3) is 0.545. The number of hydrogen-bond donors (Lipinski definition) is 2. The third-order valence-electron chi connectivity index (χ3n) is 2.47. The minimum atomic E-state index is -0.0604. The Morgan fingerprint density at radius 1 is 1.69 bits per heavy atom. The minimum absolute atomic E-state index is 0.0567. The van der Waals surface area contributed by atoms with Crippen molar-refractivity contribution >= 4 is 17.7 Å². The van der Waals surface area contributed by atoms with E-state index in [1.165, 1.54) is 0 Å². The number of aryl methyl sites for hydroxylation is 1. The molecule has 4 nitrogen and oxygen atoms in total. The molecule has 2 rings (SSSR count). The highest BCUT2D eigenvalue weighted by molar-refractivity contribution is 7.99. The number of rotatable bonds is 3. The first-order chi connectivity index (χ1) is 7.75. The summed E-state index contributed by atoms with van der Waals surface area (Å²) in [6.45, 7) is 3.27. The van der Waals surface area contributed by atoms with Gasteiger partial charge in [-0.1, -0.05) is 0 Å². The third kappa shape index (κ3) is 3.02. The van der Waals surface area contributed by atoms with Crippen LogP contribution in [0.25, 0.3) is 0 Å². The molecule has 5 heteroatoms. The second kappa shape index (κ2) is 5.41. The lowest BCUT2D eigenvalue weighted by molar-refractivity contribution is -0.122. The molecule has 0 radical (unpaired) electrons. The van der Waals surface area contributed by atoms with E-state index < -0.39 is 0 Å². The Kier molecular flexibility index (Phi) is 3.90. The molecule has 1 saturated heterocycles. The van der Waals surface area contributed by atoms with Crippen molar-refractivity contribution in [3.05, 3.63) is 23.7 Å². The van der Waals surface area contributed by atoms with Gasteiger partial charge >= 0.3 is 0 Å². The van der Waals surface area contributed by atoms with Crippen LogP contribution in [0.5, 0.6) is 0 Å². The number of hydrogen-bond acceptors (Lipinski definition) is 4. The molecule has 0 saturated carbocycles. The van der Waals surface area contributed by atoms with Gasteiger partial charge in [-0.3, -0.25) is 4.79 Å². The highest BCUT2D eigenvalue weighted by Crippen LogP contribution is 2.09. The van der Waals surface area contributed by atoms with Crippen molar-refractivity contribution < 1.29 is 9.21 Å². The van der Waals surface area contributed by atoms with Crippen LogP contribution in [0.3, 0.4) is 0 Å². The quantitative estimate of drug-likeness (QED) is 0.824. The molecular formula is C11H16N2O2S. The fourth-order valence-corrected chi connectivity index (χ4v) is 2.55. The zero-order valence-corrected chi connectivity index (χ0v) is 10.1. The molecule has 1 atom stereocenters. The fourth-order valence-electron chi connectivity index (χ4n) is 1.61. The average Bonchev–Trinajstić information content (AvgIpc) is 2.73. The summed E-state index contributed by atoms with van der Waals surface area (Å²) in [5, 5.41) is 6.07. The number of nitrogens with one attached hydrogen (secondary N) is 2. The van der Waals surface area contributed by atoms with Crippen molar-refractivity contribution in [1.29, 1.82) is 0 Å². The third-order valence-corrected chi connectivity index (χ3v) is 3.53. The van der Waals surface area contributed by atoms with Gasteiger partial charge in [-0.25, -0.2) is 0 Å². The van der Waals surface area contributed by atoms with E-state index in [4.69, 9.17) is 4.42 Å². The summed E-state index contributed by atoms with van der Waals surface area (Å²) in [6.07, 6.45) is 0. The van der Waals surface area contributed by atoms with E-state index in [1.807, 2.05) is 30.8 Å². The van der Waals surface area contributed by atoms with Gasteiger partial charge in [0.1, 0.15) is 11.5 Å². The maximum absolute atomic E-state index is 11.7. The highest BCUT2D eigenvalue weighted by atomic mass is 32.2. The Morgan fingerprint density at radius 3 is 3.19 bits per heavy atom. The number of thioether (sulfide) groups is 1. The lowest BCUT2D eigenvalue weighted by Gasteiger charge is -2.21. The van der Waals surface area contributed by atoms with Crippen molar-refractivity contribution in [1.82, 2.24) is 10.6 Å². The molecule has 1 amide bonds. The average molecular weight is 240 g/mol. The summed E-state index contributed by atoms with van der Waals surface area (Å²) < 4.78 is 5.38. The number of carbonyl (C=O) groups excluding carboxylic acids is 1. The van der Waals surface area contributed by atoms with E-state index in [0.29, 0.717) is 6.54 Å². The molecule has 0 spiro atoms. The smallest absolute Gasteiger partial charge is 0.238 e. The van der Waals surface area contributed by atoms with Crippen molar-refractivity contribution in [3.8, 4) is 0 Å². The van der Waals surface area contributed by atoms with E-state index in [2.05, 4.69) is 10.6 Å². The molecule has 0 aromatic carbocycles. The molecule has 0 bridgehead atoms. The van der Waals surface area contributed by atoms with E-state index in [9.17, 15) is 4.79 Å². The van der Waals surface area contributed by atoms with Crippen molar-refractivity contribution in [2.24, 2.45) is 0 Å². The standard InChI is InChI=1S/C11H16N2O2S/c1-8-2-3-9(15-8)6-13-11(14)10-7-16-5-4-12-10/h2-3,10,12H,4-7H2,1H3,(H,13,14). The van der Waals surface area contributed by atoms with Gasteiger partial charge in [0.25, 0.3) is 0 Å². The summed E-state index contributed by atoms with van der Waals surface area (Å²) in [5.74, 6) is 3.66. The molecule has 1 aliphatic heterocycles. The van der Waals surface area contributed by atoms with Crippen LogP contribution in [0.2, 0.25) is 0 Å². The van der Waals surface area contributed by atoms with Crippen LogP contribution in [0.15, 0.2) is 16.5 Å². The Bertz CT molecular complexity index is 359. The number of amides is 1. The van der Waals surface area contributed by atoms with E-state index in [0.717, 1.165) is 29.6 Å². The first kappa shape index (κ1) is 11.5. The van der Waals surface area contributed by atoms with Crippen LogP contribution in [-0.2, 0) is 11.3 Å². The minimum Gasteiger partial charge on any atom is -0.465 e. The maximum Gasteiger partial charge on any atom is 0.238 e. The normalized spacial score (nSPS) is 20.7. The molecule has 2 N–H and O–H groups in total. The van der Waals surface area contributed by atoms with Gasteiger partial charge in [-0.15, -0.1) is 0 Å². The molecule has 1 fully saturated rings. The lowest BCUT2D eigenvalue weighted by Crippen LogP contribution is -2.48. The summed E-state index contributed by atoms with van der Waals surface area (Å²) in [5.41, 5.74) is 0. The van der Waals surface area contributed by atoms with Gasteiger partial charge in [0.2, 0.25) is 5.91 Å². The molecule has 16 heavy (non-hydrogen) atoms. The van der Waals surface area contributed by atoms with Crippen LogP contribution < -0.4 is 10.6 Å². The summed E-state index contributed by atoms with van der Waals surface area (Å²) in [7, 11) is 0. The van der Waals surface area contributed by atoms with Gasteiger partial charge < -0.3 is 15.1 Å². The highest BCUT2D eigenvalue weighted by Gasteiger charge is 2.20. The van der Waals surface area contributed by atoms with Gasteiger partial charge in [-0.05, 0) is 19.1 Å². The van der Waals surface area contributed by atoms with Gasteiger partial charge in [0, 0.05) is 18.1 Å². The van der Waals surface area contributed by atoms with Crippen LogP contribution >= 0.6 is 11.8 Å². The largest absolute Gasteiger partial charge is 0.465 e. The molecule has 1 unspecified atom stereocenters. The van der Waals surface area contributed by atoms with Crippen molar-refractivity contribution in [2.45, 2.75) is 19.5 Å². The van der Waals surface area contributed by atoms with Crippen LogP contribution in [0, 0.1) is 6.92 Å². The SMILES string of the molecule is Cc1ccc(CNC(=O)C2CSCCN2)o1. The molecule has 0 aliphatic carbocycles. The summed E-state index contributed by atoms with van der Waals surface area (Å²) in [6, 6.07) is 3.73. The maximum atomic E-state index is 11.7. The Morgan fingerprint density at radius 2 is 2.56 bits per heavy atom. The van der Waals surface area contributed by atoms with E-state index in [-0.39, 0.29) is 11.9 Å². The van der Waals surface area contributed by atoms with Gasteiger partial charge in [-0.2, -0.15) is 11.8 Å². The molecular weight excluding hydrogens is 224 g/mol. The van der Waals surface area contributed by atoms with Crippen LogP contribution in [0.1, 0.15) is 11.5 Å². The molecule has 2 heterocycles. The summed E-state index contributed by atoms with van der Waals surface area (Å²) >= 11 is 1.81. The first-order valence-electron chi connectivity index (χ1n) is 5.40. The monoisotopic (exact) mass is 240 g/mol. The zero-order chi connectivity index (χ0) is 11.4. The predicted octanol–water partition coefficient (Wildman–Crippen LogP) is 0.909. The molecule has 88 valence electrons. The Balaban J connectivity index is 1.78. The topological polar surface area (TPSA) is 54.3 Å². The predicted molar refractivity (Wildman–Crippen MR) is 64.4 cm³/mol. The summed E-state index contributed by atoms with van der Waals surface area (Å²) in [4.78, 5) is 11.7. The van der Waals surface area contributed by atoms with Gasteiger partial charge in [0.05, 0.1) is 12.6 Å². The second-order valence-electron chi connectivity index (χ2n) is 3.81. The second-order valence-corrected chi connectivity index (χ2v) is 4.96. The lowest BCUT2D eigenvalue weighted by atomic mass is 10.3. The van der Waals surface area contributed by atoms with Crippen molar-refractivity contribution in [3.63, 3.8) is 0 Å². The van der Waals surface area contributed by atoms with Crippen molar-refractivity contribution in [2.75, 3.05) is 18.1 Å². The van der Waals surface area contributed by atoms with Crippen LogP contribution in [0.4, 0.5) is 0 Å². The molecule has 1 aromatic heterocycles. The van der Waals surface area contributed by atoms with E-state index >= 15 is 0 Å². The Hall–Kier alpha value is -0.940. The number of carbonyl (C=O) groups is 1.